The molecule has 0 saturated carbocycles. The third kappa shape index (κ3) is 4.79. The predicted octanol–water partition coefficient (Wildman–Crippen LogP) is 2.25. The molecule has 5 nitrogen and oxygen atoms in total. The molecule has 0 amide bonds. The van der Waals surface area contributed by atoms with Crippen LogP contribution in [0, 0.1) is 0 Å². The average molecular weight is 297 g/mol. The van der Waals surface area contributed by atoms with E-state index in [4.69, 9.17) is 5.11 Å². The first-order valence-corrected chi connectivity index (χ1v) is 7.55. The Morgan fingerprint density at radius 3 is 2.10 bits per heavy atom. The van der Waals surface area contributed by atoms with Gasteiger partial charge in [-0.25, -0.2) is 17.9 Å². The minimum absolute atomic E-state index is 0.151. The number of hydrogen-bond acceptors (Lipinski definition) is 3. The van der Waals surface area contributed by atoms with Crippen LogP contribution >= 0.6 is 0 Å². The van der Waals surface area contributed by atoms with Gasteiger partial charge in [0.25, 0.3) is 0 Å². The summed E-state index contributed by atoms with van der Waals surface area (Å²) in [6, 6.07) is 6.05. The maximum Gasteiger partial charge on any atom is 0.331 e. The quantitative estimate of drug-likeness (QED) is 0.835. The smallest absolute Gasteiger partial charge is 0.331 e. The van der Waals surface area contributed by atoms with E-state index >= 15 is 0 Å². The first-order valence-electron chi connectivity index (χ1n) is 6.07. The van der Waals surface area contributed by atoms with Crippen molar-refractivity contribution in [3.8, 4) is 0 Å². The van der Waals surface area contributed by atoms with E-state index in [0.29, 0.717) is 5.56 Å². The van der Waals surface area contributed by atoms with E-state index in [1.165, 1.54) is 25.1 Å². The van der Waals surface area contributed by atoms with Gasteiger partial charge in [-0.15, -0.1) is 0 Å². The number of aliphatic carboxylic acids is 1. The summed E-state index contributed by atoms with van der Waals surface area (Å²) in [4.78, 5) is 10.9. The average Bonchev–Trinajstić information content (AvgIpc) is 2.26. The molecule has 0 fully saturated rings. The molecule has 6 heteroatoms. The van der Waals surface area contributed by atoms with Crippen LogP contribution in [0.25, 0.3) is 6.08 Å². The van der Waals surface area contributed by atoms with Gasteiger partial charge in [0.05, 0.1) is 4.90 Å². The Bertz CT molecular complexity index is 622. The molecule has 0 aliphatic carbocycles. The van der Waals surface area contributed by atoms with Crippen molar-refractivity contribution in [2.24, 2.45) is 0 Å². The van der Waals surface area contributed by atoms with Gasteiger partial charge in [-0.1, -0.05) is 12.1 Å². The van der Waals surface area contributed by atoms with Crippen LogP contribution in [0.1, 0.15) is 33.3 Å². The van der Waals surface area contributed by atoms with E-state index in [0.717, 1.165) is 0 Å². The Balaban J connectivity index is 3.03. The number of hydrogen-bond donors (Lipinski definition) is 2. The second kappa shape index (κ2) is 5.76. The minimum atomic E-state index is -3.57. The number of carboxylic acids is 1. The lowest BCUT2D eigenvalue weighted by Gasteiger charge is -2.20. The minimum Gasteiger partial charge on any atom is -0.478 e. The normalized spacial score (nSPS) is 13.3. The first kappa shape index (κ1) is 16.4. The molecule has 0 unspecified atom stereocenters. The summed E-state index contributed by atoms with van der Waals surface area (Å²) in [6.07, 6.45) is 1.48. The number of nitrogens with one attached hydrogen (secondary N) is 1. The molecule has 2 N–H and O–H groups in total. The van der Waals surface area contributed by atoms with Gasteiger partial charge < -0.3 is 5.11 Å². The first-order chi connectivity index (χ1) is 9.01. The van der Waals surface area contributed by atoms with Crippen molar-refractivity contribution >= 4 is 22.1 Å². The molecule has 0 bridgehead atoms. The highest BCUT2D eigenvalue weighted by molar-refractivity contribution is 7.89. The summed E-state index contributed by atoms with van der Waals surface area (Å²) in [7, 11) is -3.57. The lowest BCUT2D eigenvalue weighted by molar-refractivity contribution is -0.132. The highest BCUT2D eigenvalue weighted by atomic mass is 32.2. The van der Waals surface area contributed by atoms with E-state index in [-0.39, 0.29) is 10.5 Å². The standard InChI is InChI=1S/C14H19NO4S/c1-10(13(16)17)9-11-5-7-12(8-6-11)20(18,19)15-14(2,3)4/h5-9,15H,1-4H3,(H,16,17)/b10-9+. The molecular weight excluding hydrogens is 278 g/mol. The molecule has 0 saturated heterocycles. The number of sulfonamides is 1. The van der Waals surface area contributed by atoms with E-state index in [2.05, 4.69) is 4.72 Å². The summed E-state index contributed by atoms with van der Waals surface area (Å²) >= 11 is 0. The summed E-state index contributed by atoms with van der Waals surface area (Å²) in [5.41, 5.74) is 0.269. The summed E-state index contributed by atoms with van der Waals surface area (Å²) in [5.74, 6) is -1.00. The molecule has 1 aromatic rings. The fourth-order valence-electron chi connectivity index (χ4n) is 1.52. The van der Waals surface area contributed by atoms with Crippen LogP contribution in [0.15, 0.2) is 34.7 Å². The molecule has 0 atom stereocenters. The van der Waals surface area contributed by atoms with Gasteiger partial charge in [0, 0.05) is 11.1 Å². The second-order valence-electron chi connectivity index (χ2n) is 5.56. The van der Waals surface area contributed by atoms with Crippen molar-refractivity contribution in [2.75, 3.05) is 0 Å². The maximum absolute atomic E-state index is 12.1. The van der Waals surface area contributed by atoms with E-state index in [1.807, 2.05) is 0 Å². The summed E-state index contributed by atoms with van der Waals surface area (Å²) < 4.78 is 26.7. The molecule has 0 aliphatic heterocycles. The van der Waals surface area contributed by atoms with Crippen molar-refractivity contribution in [3.63, 3.8) is 0 Å². The molecule has 0 heterocycles. The number of rotatable bonds is 4. The largest absolute Gasteiger partial charge is 0.478 e. The van der Waals surface area contributed by atoms with Gasteiger partial charge in [-0.2, -0.15) is 0 Å². The Morgan fingerprint density at radius 1 is 1.20 bits per heavy atom. The summed E-state index contributed by atoms with van der Waals surface area (Å²) in [6.45, 7) is 6.77. The van der Waals surface area contributed by atoms with Gasteiger partial charge in [-0.3, -0.25) is 0 Å². The third-order valence-electron chi connectivity index (χ3n) is 2.35. The van der Waals surface area contributed by atoms with Gasteiger partial charge >= 0.3 is 5.97 Å². The Labute approximate surface area is 119 Å². The van der Waals surface area contributed by atoms with Crippen LogP contribution in [-0.2, 0) is 14.8 Å². The maximum atomic E-state index is 12.1. The predicted molar refractivity (Wildman–Crippen MR) is 77.8 cm³/mol. The molecule has 0 spiro atoms. The highest BCUT2D eigenvalue weighted by Crippen LogP contribution is 2.15. The summed E-state index contributed by atoms with van der Waals surface area (Å²) in [5, 5.41) is 8.78. The molecule has 1 aromatic carbocycles. The van der Waals surface area contributed by atoms with Crippen LogP contribution in [0.4, 0.5) is 0 Å². The van der Waals surface area contributed by atoms with E-state index < -0.39 is 21.5 Å². The van der Waals surface area contributed by atoms with Crippen molar-refractivity contribution in [2.45, 2.75) is 38.1 Å². The molecule has 20 heavy (non-hydrogen) atoms. The van der Waals surface area contributed by atoms with Crippen LogP contribution in [0.3, 0.4) is 0 Å². The van der Waals surface area contributed by atoms with Gasteiger partial charge in [0.2, 0.25) is 10.0 Å². The Kier molecular flexibility index (Phi) is 4.73. The van der Waals surface area contributed by atoms with Crippen molar-refractivity contribution in [3.05, 3.63) is 35.4 Å². The molecule has 0 radical (unpaired) electrons. The Hall–Kier alpha value is -1.66. The topological polar surface area (TPSA) is 83.5 Å². The monoisotopic (exact) mass is 297 g/mol. The fraction of sp³-hybridized carbons (Fsp3) is 0.357. The second-order valence-corrected chi connectivity index (χ2v) is 7.24. The van der Waals surface area contributed by atoms with Crippen LogP contribution in [0.5, 0.6) is 0 Å². The van der Waals surface area contributed by atoms with Crippen molar-refractivity contribution < 1.29 is 18.3 Å². The fourth-order valence-corrected chi connectivity index (χ4v) is 2.94. The molecule has 1 rings (SSSR count). The zero-order valence-corrected chi connectivity index (χ0v) is 12.8. The van der Waals surface area contributed by atoms with Crippen LogP contribution < -0.4 is 4.72 Å². The van der Waals surface area contributed by atoms with Gasteiger partial charge in [0.1, 0.15) is 0 Å². The lowest BCUT2D eigenvalue weighted by atomic mass is 10.1. The lowest BCUT2D eigenvalue weighted by Crippen LogP contribution is -2.40. The van der Waals surface area contributed by atoms with Crippen LogP contribution in [0.2, 0.25) is 0 Å². The number of benzene rings is 1. The van der Waals surface area contributed by atoms with E-state index in [9.17, 15) is 13.2 Å². The van der Waals surface area contributed by atoms with Crippen molar-refractivity contribution in [1.82, 2.24) is 4.72 Å². The van der Waals surface area contributed by atoms with Crippen molar-refractivity contribution in [1.29, 1.82) is 0 Å². The van der Waals surface area contributed by atoms with Crippen LogP contribution in [-0.4, -0.2) is 25.0 Å². The molecule has 0 aromatic heterocycles. The highest BCUT2D eigenvalue weighted by Gasteiger charge is 2.21. The van der Waals surface area contributed by atoms with E-state index in [1.54, 1.807) is 32.9 Å². The third-order valence-corrected chi connectivity index (χ3v) is 4.13. The van der Waals surface area contributed by atoms with Gasteiger partial charge in [0.15, 0.2) is 0 Å². The molecule has 0 aliphatic rings. The molecule has 110 valence electrons. The number of carbonyl (C=O) groups is 1. The zero-order valence-electron chi connectivity index (χ0n) is 12.0. The molecular formula is C14H19NO4S. The zero-order chi connectivity index (χ0) is 15.6. The Morgan fingerprint density at radius 2 is 1.70 bits per heavy atom. The van der Waals surface area contributed by atoms with Gasteiger partial charge in [-0.05, 0) is 51.5 Å². The SMILES string of the molecule is C/C(=C\c1ccc(S(=O)(=O)NC(C)(C)C)cc1)C(=O)O. The number of carboxylic acid groups (broad SMARTS) is 1.